The molecule has 2 amide bonds. The number of aliphatic hydroxyl groups excluding tert-OH is 1. The predicted octanol–water partition coefficient (Wildman–Crippen LogP) is 1.93. The molecule has 0 bridgehead atoms. The SMILES string of the molecule is CC(O)CC(C)(C)CNC(=O)N1CCCSCC1. The van der Waals surface area contributed by atoms with Crippen LogP contribution in [0.15, 0.2) is 0 Å². The van der Waals surface area contributed by atoms with Gasteiger partial charge >= 0.3 is 6.03 Å². The summed E-state index contributed by atoms with van der Waals surface area (Å²) >= 11 is 1.91. The van der Waals surface area contributed by atoms with E-state index in [1.54, 1.807) is 6.92 Å². The van der Waals surface area contributed by atoms with E-state index in [2.05, 4.69) is 19.2 Å². The minimum absolute atomic E-state index is 0.0381. The summed E-state index contributed by atoms with van der Waals surface area (Å²) in [4.78, 5) is 13.9. The van der Waals surface area contributed by atoms with E-state index in [9.17, 15) is 9.90 Å². The number of hydrogen-bond acceptors (Lipinski definition) is 3. The van der Waals surface area contributed by atoms with Crippen LogP contribution >= 0.6 is 11.8 Å². The first-order valence-corrected chi connectivity index (χ1v) is 7.85. The maximum absolute atomic E-state index is 12.0. The number of amides is 2. The summed E-state index contributed by atoms with van der Waals surface area (Å²) in [5.74, 6) is 2.18. The number of nitrogens with one attached hydrogen (secondary N) is 1. The summed E-state index contributed by atoms with van der Waals surface area (Å²) in [6, 6.07) is 0.0381. The summed E-state index contributed by atoms with van der Waals surface area (Å²) in [7, 11) is 0. The molecule has 0 aromatic carbocycles. The topological polar surface area (TPSA) is 52.6 Å². The fourth-order valence-corrected chi connectivity index (χ4v) is 3.13. The zero-order valence-electron chi connectivity index (χ0n) is 11.7. The van der Waals surface area contributed by atoms with E-state index >= 15 is 0 Å². The Morgan fingerprint density at radius 3 is 2.83 bits per heavy atom. The summed E-state index contributed by atoms with van der Waals surface area (Å²) in [6.45, 7) is 8.23. The first-order valence-electron chi connectivity index (χ1n) is 6.69. The monoisotopic (exact) mass is 274 g/mol. The van der Waals surface area contributed by atoms with E-state index in [0.29, 0.717) is 13.0 Å². The van der Waals surface area contributed by atoms with Crippen molar-refractivity contribution < 1.29 is 9.90 Å². The Balaban J connectivity index is 2.35. The number of carbonyl (C=O) groups excluding carboxylic acids is 1. The molecule has 0 saturated carbocycles. The Hall–Kier alpha value is -0.420. The van der Waals surface area contributed by atoms with Crippen molar-refractivity contribution in [2.24, 2.45) is 5.41 Å². The molecule has 18 heavy (non-hydrogen) atoms. The van der Waals surface area contributed by atoms with Gasteiger partial charge in [0.05, 0.1) is 6.10 Å². The minimum Gasteiger partial charge on any atom is -0.393 e. The van der Waals surface area contributed by atoms with Crippen molar-refractivity contribution in [1.82, 2.24) is 10.2 Å². The van der Waals surface area contributed by atoms with Gasteiger partial charge in [-0.2, -0.15) is 11.8 Å². The third kappa shape index (κ3) is 5.96. The molecule has 1 atom stereocenters. The summed E-state index contributed by atoms with van der Waals surface area (Å²) in [6.07, 6.45) is 1.45. The number of nitrogens with zero attached hydrogens (tertiary/aromatic N) is 1. The van der Waals surface area contributed by atoms with Crippen molar-refractivity contribution in [3.8, 4) is 0 Å². The third-order valence-corrected chi connectivity index (χ3v) is 4.12. The molecule has 1 aliphatic heterocycles. The van der Waals surface area contributed by atoms with E-state index < -0.39 is 0 Å². The van der Waals surface area contributed by atoms with Crippen LogP contribution in [-0.4, -0.2) is 53.3 Å². The molecule has 2 N–H and O–H groups in total. The highest BCUT2D eigenvalue weighted by atomic mass is 32.2. The van der Waals surface area contributed by atoms with E-state index in [1.165, 1.54) is 0 Å². The second kappa shape index (κ2) is 7.24. The average molecular weight is 274 g/mol. The maximum Gasteiger partial charge on any atom is 0.317 e. The average Bonchev–Trinajstić information content (AvgIpc) is 2.52. The van der Waals surface area contributed by atoms with Crippen molar-refractivity contribution >= 4 is 17.8 Å². The molecule has 0 aliphatic carbocycles. The molecule has 1 heterocycles. The number of thioether (sulfide) groups is 1. The fourth-order valence-electron chi connectivity index (χ4n) is 2.25. The molecular weight excluding hydrogens is 248 g/mol. The molecule has 1 rings (SSSR count). The molecule has 0 radical (unpaired) electrons. The van der Waals surface area contributed by atoms with Crippen LogP contribution in [-0.2, 0) is 0 Å². The number of hydrogen-bond donors (Lipinski definition) is 2. The largest absolute Gasteiger partial charge is 0.393 e. The Morgan fingerprint density at radius 2 is 2.17 bits per heavy atom. The van der Waals surface area contributed by atoms with Crippen LogP contribution in [0, 0.1) is 5.41 Å². The van der Waals surface area contributed by atoms with Gasteiger partial charge in [0.1, 0.15) is 0 Å². The van der Waals surface area contributed by atoms with Gasteiger partial charge in [-0.25, -0.2) is 4.79 Å². The lowest BCUT2D eigenvalue weighted by atomic mass is 9.87. The van der Waals surface area contributed by atoms with Gasteiger partial charge < -0.3 is 15.3 Å². The Kier molecular flexibility index (Phi) is 6.29. The third-order valence-electron chi connectivity index (χ3n) is 3.08. The predicted molar refractivity (Wildman–Crippen MR) is 77.0 cm³/mol. The molecule has 4 nitrogen and oxygen atoms in total. The highest BCUT2D eigenvalue weighted by molar-refractivity contribution is 7.99. The molecule has 1 saturated heterocycles. The van der Waals surface area contributed by atoms with Crippen LogP contribution in [0.25, 0.3) is 0 Å². The second-order valence-corrected chi connectivity index (χ2v) is 7.05. The van der Waals surface area contributed by atoms with Gasteiger partial charge in [-0.1, -0.05) is 13.8 Å². The lowest BCUT2D eigenvalue weighted by Crippen LogP contribution is -2.44. The Morgan fingerprint density at radius 1 is 1.44 bits per heavy atom. The molecule has 1 fully saturated rings. The zero-order valence-corrected chi connectivity index (χ0v) is 12.6. The second-order valence-electron chi connectivity index (χ2n) is 5.83. The zero-order chi connectivity index (χ0) is 13.6. The molecule has 1 aliphatic rings. The van der Waals surface area contributed by atoms with E-state index in [1.807, 2.05) is 16.7 Å². The van der Waals surface area contributed by atoms with Crippen molar-refractivity contribution in [3.05, 3.63) is 0 Å². The molecule has 1 unspecified atom stereocenters. The van der Waals surface area contributed by atoms with E-state index in [-0.39, 0.29) is 17.6 Å². The Labute approximate surface area is 115 Å². The number of carbonyl (C=O) groups is 1. The van der Waals surface area contributed by atoms with Crippen LogP contribution in [0.1, 0.15) is 33.6 Å². The first kappa shape index (κ1) is 15.6. The van der Waals surface area contributed by atoms with Gasteiger partial charge in [-0.3, -0.25) is 0 Å². The van der Waals surface area contributed by atoms with Crippen molar-refractivity contribution in [2.45, 2.75) is 39.7 Å². The van der Waals surface area contributed by atoms with Crippen LogP contribution in [0.2, 0.25) is 0 Å². The number of urea groups is 1. The van der Waals surface area contributed by atoms with Gasteiger partial charge in [0.2, 0.25) is 0 Å². The lowest BCUT2D eigenvalue weighted by molar-refractivity contribution is 0.126. The van der Waals surface area contributed by atoms with Crippen molar-refractivity contribution in [1.29, 1.82) is 0 Å². The Bertz CT molecular complexity index is 262. The summed E-state index contributed by atoms with van der Waals surface area (Å²) < 4.78 is 0. The standard InChI is InChI=1S/C13H26N2O2S/c1-11(16)9-13(2,3)10-14-12(17)15-5-4-7-18-8-6-15/h11,16H,4-10H2,1-3H3,(H,14,17). The van der Waals surface area contributed by atoms with Gasteiger partial charge in [-0.15, -0.1) is 0 Å². The molecule has 0 aromatic heterocycles. The summed E-state index contributed by atoms with van der Waals surface area (Å²) in [5, 5.41) is 12.4. The van der Waals surface area contributed by atoms with Crippen LogP contribution < -0.4 is 5.32 Å². The highest BCUT2D eigenvalue weighted by Gasteiger charge is 2.23. The van der Waals surface area contributed by atoms with Crippen LogP contribution in [0.3, 0.4) is 0 Å². The molecule has 0 spiro atoms. The smallest absolute Gasteiger partial charge is 0.317 e. The maximum atomic E-state index is 12.0. The van der Waals surface area contributed by atoms with Gasteiger partial charge in [0.15, 0.2) is 0 Å². The van der Waals surface area contributed by atoms with Crippen LogP contribution in [0.4, 0.5) is 4.79 Å². The van der Waals surface area contributed by atoms with Crippen LogP contribution in [0.5, 0.6) is 0 Å². The lowest BCUT2D eigenvalue weighted by Gasteiger charge is -2.28. The minimum atomic E-state index is -0.327. The first-order chi connectivity index (χ1) is 8.41. The highest BCUT2D eigenvalue weighted by Crippen LogP contribution is 2.21. The van der Waals surface area contributed by atoms with Gasteiger partial charge in [-0.05, 0) is 30.9 Å². The molecule has 5 heteroatoms. The van der Waals surface area contributed by atoms with Gasteiger partial charge in [0.25, 0.3) is 0 Å². The molecular formula is C13H26N2O2S. The number of aliphatic hydroxyl groups is 1. The normalized spacial score (nSPS) is 19.2. The quantitative estimate of drug-likeness (QED) is 0.823. The van der Waals surface area contributed by atoms with Gasteiger partial charge in [0, 0.05) is 25.4 Å². The van der Waals surface area contributed by atoms with Crippen molar-refractivity contribution in [2.75, 3.05) is 31.1 Å². The number of rotatable bonds is 4. The fraction of sp³-hybridized carbons (Fsp3) is 0.923. The van der Waals surface area contributed by atoms with E-state index in [0.717, 1.165) is 31.0 Å². The molecule has 0 aromatic rings. The van der Waals surface area contributed by atoms with Crippen molar-refractivity contribution in [3.63, 3.8) is 0 Å². The summed E-state index contributed by atoms with van der Waals surface area (Å²) in [5.41, 5.74) is -0.0651. The van der Waals surface area contributed by atoms with E-state index in [4.69, 9.17) is 0 Å². The molecule has 106 valence electrons.